The van der Waals surface area contributed by atoms with Crippen molar-refractivity contribution in [2.24, 2.45) is 0 Å². The molecule has 1 fully saturated rings. The number of rotatable bonds is 8. The highest BCUT2D eigenvalue weighted by atomic mass is 32.1. The van der Waals surface area contributed by atoms with Gasteiger partial charge in [-0.2, -0.15) is 0 Å². The molecular formula is C26H29FN4O2S. The number of nitrogens with one attached hydrogen (secondary N) is 1. The van der Waals surface area contributed by atoms with E-state index in [4.69, 9.17) is 0 Å². The van der Waals surface area contributed by atoms with Crippen molar-refractivity contribution in [1.82, 2.24) is 14.8 Å². The van der Waals surface area contributed by atoms with Crippen LogP contribution < -0.4 is 5.32 Å². The Balaban J connectivity index is 1.31. The lowest BCUT2D eigenvalue weighted by Crippen LogP contribution is -2.49. The van der Waals surface area contributed by atoms with Gasteiger partial charge in [0.2, 0.25) is 5.91 Å². The Morgan fingerprint density at radius 1 is 1.12 bits per heavy atom. The summed E-state index contributed by atoms with van der Waals surface area (Å²) in [4.78, 5) is 34.1. The molecule has 1 aromatic heterocycles. The van der Waals surface area contributed by atoms with E-state index in [-0.39, 0.29) is 30.2 Å². The molecule has 1 saturated heterocycles. The molecule has 8 heteroatoms. The number of nitrogens with zero attached hydrogens (tertiary/aromatic N) is 3. The molecule has 34 heavy (non-hydrogen) atoms. The summed E-state index contributed by atoms with van der Waals surface area (Å²) in [5.74, 6) is -0.324. The number of hydrogen-bond donors (Lipinski definition) is 1. The minimum absolute atomic E-state index is 0.0690. The van der Waals surface area contributed by atoms with E-state index >= 15 is 0 Å². The van der Waals surface area contributed by atoms with Crippen LogP contribution in [0.4, 0.5) is 9.52 Å². The first-order valence-electron chi connectivity index (χ1n) is 11.6. The number of hydrogen-bond acceptors (Lipinski definition) is 5. The Labute approximate surface area is 203 Å². The van der Waals surface area contributed by atoms with Crippen LogP contribution in [0.3, 0.4) is 0 Å². The van der Waals surface area contributed by atoms with Gasteiger partial charge in [-0.25, -0.2) is 9.37 Å². The van der Waals surface area contributed by atoms with Crippen LogP contribution >= 0.6 is 11.3 Å². The number of amides is 2. The fraction of sp³-hybridized carbons (Fsp3) is 0.346. The lowest BCUT2D eigenvalue weighted by Gasteiger charge is -2.38. The highest BCUT2D eigenvalue weighted by molar-refractivity contribution is 7.14. The van der Waals surface area contributed by atoms with Crippen LogP contribution in [0.25, 0.3) is 11.3 Å². The third kappa shape index (κ3) is 6.07. The van der Waals surface area contributed by atoms with Crippen molar-refractivity contribution in [3.05, 3.63) is 71.4 Å². The van der Waals surface area contributed by atoms with Gasteiger partial charge in [-0.1, -0.05) is 25.1 Å². The Morgan fingerprint density at radius 3 is 2.50 bits per heavy atom. The standard InChI is InChI=1S/C26H29FN4O2S/c1-2-14-31(22-12-15-30(16-13-22)25(33)20-6-4-3-5-7-20)17-24(32)29-26-28-23(18-34-26)19-8-10-21(27)11-9-19/h3-11,18,22H,2,12-17H2,1H3,(H,28,29,32). The summed E-state index contributed by atoms with van der Waals surface area (Å²) in [6.07, 6.45) is 2.64. The highest BCUT2D eigenvalue weighted by Crippen LogP contribution is 2.25. The molecule has 0 radical (unpaired) electrons. The zero-order valence-corrected chi connectivity index (χ0v) is 20.1. The molecule has 0 atom stereocenters. The summed E-state index contributed by atoms with van der Waals surface area (Å²) >= 11 is 1.35. The molecule has 6 nitrogen and oxygen atoms in total. The number of thiazole rings is 1. The maximum atomic E-state index is 13.2. The molecule has 3 aromatic rings. The van der Waals surface area contributed by atoms with Crippen LogP contribution in [0.2, 0.25) is 0 Å². The predicted octanol–water partition coefficient (Wildman–Crippen LogP) is 4.90. The Hall–Kier alpha value is -3.10. The van der Waals surface area contributed by atoms with Gasteiger partial charge >= 0.3 is 0 Å². The van der Waals surface area contributed by atoms with Crippen molar-refractivity contribution in [1.29, 1.82) is 0 Å². The van der Waals surface area contributed by atoms with Gasteiger partial charge in [0.15, 0.2) is 5.13 Å². The molecule has 1 aliphatic heterocycles. The average Bonchev–Trinajstić information content (AvgIpc) is 3.32. The van der Waals surface area contributed by atoms with Crippen LogP contribution in [0.1, 0.15) is 36.5 Å². The third-order valence-electron chi connectivity index (χ3n) is 6.04. The molecule has 2 heterocycles. The highest BCUT2D eigenvalue weighted by Gasteiger charge is 2.28. The van der Waals surface area contributed by atoms with Crippen molar-refractivity contribution < 1.29 is 14.0 Å². The van der Waals surface area contributed by atoms with E-state index < -0.39 is 0 Å². The Morgan fingerprint density at radius 2 is 1.82 bits per heavy atom. The van der Waals surface area contributed by atoms with Crippen molar-refractivity contribution in [3.8, 4) is 11.3 Å². The first kappa shape index (κ1) is 24.0. The maximum absolute atomic E-state index is 13.2. The number of carbonyl (C=O) groups excluding carboxylic acids is 2. The summed E-state index contributed by atoms with van der Waals surface area (Å²) in [5, 5.41) is 5.29. The van der Waals surface area contributed by atoms with Crippen LogP contribution in [0.15, 0.2) is 60.0 Å². The molecule has 0 bridgehead atoms. The topological polar surface area (TPSA) is 65.5 Å². The van der Waals surface area contributed by atoms with Crippen molar-refractivity contribution in [2.75, 3.05) is 31.5 Å². The zero-order valence-electron chi connectivity index (χ0n) is 19.2. The fourth-order valence-electron chi connectivity index (χ4n) is 4.30. The number of piperidine rings is 1. The molecule has 2 amide bonds. The monoisotopic (exact) mass is 480 g/mol. The lowest BCUT2D eigenvalue weighted by molar-refractivity contribution is -0.118. The van der Waals surface area contributed by atoms with Gasteiger partial charge < -0.3 is 10.2 Å². The summed E-state index contributed by atoms with van der Waals surface area (Å²) in [6.45, 7) is 4.59. The van der Waals surface area contributed by atoms with Crippen molar-refractivity contribution >= 4 is 28.3 Å². The summed E-state index contributed by atoms with van der Waals surface area (Å²) < 4.78 is 13.2. The van der Waals surface area contributed by atoms with Crippen LogP contribution in [0, 0.1) is 5.82 Å². The smallest absolute Gasteiger partial charge is 0.253 e. The average molecular weight is 481 g/mol. The van der Waals surface area contributed by atoms with Crippen LogP contribution in [-0.2, 0) is 4.79 Å². The molecule has 2 aromatic carbocycles. The predicted molar refractivity (Wildman–Crippen MR) is 133 cm³/mol. The molecule has 0 saturated carbocycles. The number of anilines is 1. The Kier molecular flexibility index (Phi) is 8.03. The van der Waals surface area contributed by atoms with Gasteiger partial charge in [0.25, 0.3) is 5.91 Å². The minimum Gasteiger partial charge on any atom is -0.339 e. The SMILES string of the molecule is CCCN(CC(=O)Nc1nc(-c2ccc(F)cc2)cs1)C1CCN(C(=O)c2ccccc2)CC1. The summed E-state index contributed by atoms with van der Waals surface area (Å²) in [5.41, 5.74) is 2.23. The quantitative estimate of drug-likeness (QED) is 0.498. The van der Waals surface area contributed by atoms with Crippen LogP contribution in [-0.4, -0.2) is 58.8 Å². The minimum atomic E-state index is -0.293. The molecule has 0 aliphatic carbocycles. The first-order valence-corrected chi connectivity index (χ1v) is 12.5. The molecular weight excluding hydrogens is 451 g/mol. The molecule has 1 N–H and O–H groups in total. The lowest BCUT2D eigenvalue weighted by atomic mass is 10.0. The van der Waals surface area contributed by atoms with E-state index in [1.807, 2.05) is 40.6 Å². The van der Waals surface area contributed by atoms with Gasteiger partial charge in [0, 0.05) is 35.6 Å². The molecule has 4 rings (SSSR count). The normalized spacial score (nSPS) is 14.4. The number of carbonyl (C=O) groups is 2. The third-order valence-corrected chi connectivity index (χ3v) is 6.79. The summed E-state index contributed by atoms with van der Waals surface area (Å²) in [6, 6.07) is 15.8. The van der Waals surface area contributed by atoms with Gasteiger partial charge in [0.1, 0.15) is 5.82 Å². The van der Waals surface area contributed by atoms with Crippen LogP contribution in [0.5, 0.6) is 0 Å². The molecule has 0 unspecified atom stereocenters. The van der Waals surface area contributed by atoms with Gasteiger partial charge in [0.05, 0.1) is 12.2 Å². The number of benzene rings is 2. The van der Waals surface area contributed by atoms with E-state index in [9.17, 15) is 14.0 Å². The first-order chi connectivity index (χ1) is 16.5. The van der Waals surface area contributed by atoms with E-state index in [2.05, 4.69) is 22.1 Å². The van der Waals surface area contributed by atoms with E-state index in [0.29, 0.717) is 29.5 Å². The maximum Gasteiger partial charge on any atom is 0.253 e. The van der Waals surface area contributed by atoms with E-state index in [1.165, 1.54) is 23.5 Å². The van der Waals surface area contributed by atoms with Crippen molar-refractivity contribution in [3.63, 3.8) is 0 Å². The number of likely N-dealkylation sites (tertiary alicyclic amines) is 1. The molecule has 0 spiro atoms. The second-order valence-electron chi connectivity index (χ2n) is 8.45. The second-order valence-corrected chi connectivity index (χ2v) is 9.31. The summed E-state index contributed by atoms with van der Waals surface area (Å²) in [7, 11) is 0. The second kappa shape index (κ2) is 11.4. The van der Waals surface area contributed by atoms with Gasteiger partial charge in [-0.15, -0.1) is 11.3 Å². The van der Waals surface area contributed by atoms with E-state index in [0.717, 1.165) is 31.4 Å². The van der Waals surface area contributed by atoms with Gasteiger partial charge in [-0.05, 0) is 62.2 Å². The molecule has 1 aliphatic rings. The zero-order chi connectivity index (χ0) is 23.9. The molecule has 178 valence electrons. The number of halogens is 1. The Bertz CT molecular complexity index is 1100. The van der Waals surface area contributed by atoms with Crippen molar-refractivity contribution in [2.45, 2.75) is 32.2 Å². The van der Waals surface area contributed by atoms with Gasteiger partial charge in [-0.3, -0.25) is 14.5 Å². The largest absolute Gasteiger partial charge is 0.339 e. The number of aromatic nitrogens is 1. The van der Waals surface area contributed by atoms with E-state index in [1.54, 1.807) is 12.1 Å². The fourth-order valence-corrected chi connectivity index (χ4v) is 5.04.